The van der Waals surface area contributed by atoms with Gasteiger partial charge >= 0.3 is 5.97 Å². The van der Waals surface area contributed by atoms with Gasteiger partial charge < -0.3 is 9.47 Å². The molecule has 1 atom stereocenters. The Morgan fingerprint density at radius 1 is 1.21 bits per heavy atom. The van der Waals surface area contributed by atoms with E-state index in [0.29, 0.717) is 5.92 Å². The zero-order chi connectivity index (χ0) is 17.4. The summed E-state index contributed by atoms with van der Waals surface area (Å²) in [6.45, 7) is 7.75. The number of carbonyl (C=O) groups excluding carboxylic acids is 1. The van der Waals surface area contributed by atoms with Gasteiger partial charge in [0.1, 0.15) is 11.4 Å². The van der Waals surface area contributed by atoms with Crippen molar-refractivity contribution < 1.29 is 14.3 Å². The molecule has 3 heteroatoms. The number of esters is 1. The zero-order valence-corrected chi connectivity index (χ0v) is 15.2. The molecule has 2 aliphatic rings. The van der Waals surface area contributed by atoms with Crippen molar-refractivity contribution >= 4 is 5.97 Å². The fourth-order valence-corrected chi connectivity index (χ4v) is 3.19. The standard InChI is InChI=1S/C21H28O3/c1-15-10-11-17(16-8-6-5-7-9-16)18(14-15)23-21(12-13-21)19(22)24-20(2,3)4/h5-6,10-11,14,16H,7-9,12-13H2,1-4H3. The molecule has 1 fully saturated rings. The number of carbonyl (C=O) groups is 1. The van der Waals surface area contributed by atoms with Crippen molar-refractivity contribution in [2.75, 3.05) is 0 Å². The number of ether oxygens (including phenoxy) is 2. The first-order valence-corrected chi connectivity index (χ1v) is 8.97. The van der Waals surface area contributed by atoms with Gasteiger partial charge in [0, 0.05) is 12.8 Å². The quantitative estimate of drug-likeness (QED) is 0.571. The van der Waals surface area contributed by atoms with Gasteiger partial charge in [-0.05, 0) is 70.1 Å². The van der Waals surface area contributed by atoms with Gasteiger partial charge in [0.15, 0.2) is 0 Å². The first-order chi connectivity index (χ1) is 11.3. The van der Waals surface area contributed by atoms with Crippen molar-refractivity contribution in [3.63, 3.8) is 0 Å². The Balaban J connectivity index is 1.83. The van der Waals surface area contributed by atoms with E-state index in [1.165, 1.54) is 5.56 Å². The fraction of sp³-hybridized carbons (Fsp3) is 0.571. The van der Waals surface area contributed by atoms with Crippen LogP contribution in [-0.4, -0.2) is 17.2 Å². The van der Waals surface area contributed by atoms with Crippen molar-refractivity contribution in [2.24, 2.45) is 0 Å². The van der Waals surface area contributed by atoms with Crippen molar-refractivity contribution in [3.8, 4) is 5.75 Å². The molecule has 0 spiro atoms. The molecule has 0 N–H and O–H groups in total. The highest BCUT2D eigenvalue weighted by atomic mass is 16.6. The summed E-state index contributed by atoms with van der Waals surface area (Å²) in [5, 5.41) is 0. The molecule has 1 unspecified atom stereocenters. The van der Waals surface area contributed by atoms with Gasteiger partial charge in [-0.1, -0.05) is 24.3 Å². The molecular weight excluding hydrogens is 300 g/mol. The van der Waals surface area contributed by atoms with E-state index >= 15 is 0 Å². The van der Waals surface area contributed by atoms with Crippen molar-refractivity contribution in [1.29, 1.82) is 0 Å². The maximum atomic E-state index is 12.6. The minimum absolute atomic E-state index is 0.231. The van der Waals surface area contributed by atoms with Crippen LogP contribution in [-0.2, 0) is 9.53 Å². The Labute approximate surface area is 145 Å². The van der Waals surface area contributed by atoms with Crippen LogP contribution in [0.4, 0.5) is 0 Å². The molecule has 0 bridgehead atoms. The largest absolute Gasteiger partial charge is 0.475 e. The maximum Gasteiger partial charge on any atom is 0.351 e. The number of rotatable bonds is 4. The molecule has 3 rings (SSSR count). The van der Waals surface area contributed by atoms with E-state index in [4.69, 9.17) is 9.47 Å². The molecule has 2 aliphatic carbocycles. The summed E-state index contributed by atoms with van der Waals surface area (Å²) in [4.78, 5) is 12.6. The number of benzene rings is 1. The van der Waals surface area contributed by atoms with Crippen LogP contribution in [0.15, 0.2) is 30.4 Å². The number of allylic oxidation sites excluding steroid dienone is 2. The van der Waals surface area contributed by atoms with Crippen LogP contribution < -0.4 is 4.74 Å². The molecule has 0 amide bonds. The van der Waals surface area contributed by atoms with E-state index in [9.17, 15) is 4.79 Å². The fourth-order valence-electron chi connectivity index (χ4n) is 3.19. The lowest BCUT2D eigenvalue weighted by molar-refractivity contribution is -0.165. The summed E-state index contributed by atoms with van der Waals surface area (Å²) in [7, 11) is 0. The van der Waals surface area contributed by atoms with Crippen LogP contribution in [0.2, 0.25) is 0 Å². The van der Waals surface area contributed by atoms with Gasteiger partial charge in [-0.15, -0.1) is 0 Å². The van der Waals surface area contributed by atoms with Crippen LogP contribution in [0.5, 0.6) is 5.75 Å². The topological polar surface area (TPSA) is 35.5 Å². The third kappa shape index (κ3) is 3.82. The van der Waals surface area contributed by atoms with Gasteiger partial charge in [0.25, 0.3) is 0 Å². The van der Waals surface area contributed by atoms with Gasteiger partial charge in [0.05, 0.1) is 0 Å². The van der Waals surface area contributed by atoms with Gasteiger partial charge in [-0.3, -0.25) is 0 Å². The van der Waals surface area contributed by atoms with Crippen molar-refractivity contribution in [2.45, 2.75) is 76.9 Å². The Bertz CT molecular complexity index is 648. The van der Waals surface area contributed by atoms with Crippen LogP contribution >= 0.6 is 0 Å². The predicted molar refractivity (Wildman–Crippen MR) is 95.3 cm³/mol. The lowest BCUT2D eigenvalue weighted by Crippen LogP contribution is -2.37. The van der Waals surface area contributed by atoms with Crippen molar-refractivity contribution in [3.05, 3.63) is 41.5 Å². The highest BCUT2D eigenvalue weighted by Crippen LogP contribution is 2.45. The number of hydrogen-bond acceptors (Lipinski definition) is 3. The van der Waals surface area contributed by atoms with E-state index in [2.05, 4.69) is 37.3 Å². The predicted octanol–water partition coefficient (Wildman–Crippen LogP) is 5.07. The van der Waals surface area contributed by atoms with Crippen LogP contribution in [0, 0.1) is 6.92 Å². The van der Waals surface area contributed by atoms with Crippen molar-refractivity contribution in [1.82, 2.24) is 0 Å². The van der Waals surface area contributed by atoms with E-state index in [1.54, 1.807) is 0 Å². The summed E-state index contributed by atoms with van der Waals surface area (Å²) in [5.41, 5.74) is 1.11. The molecule has 1 aromatic rings. The van der Waals surface area contributed by atoms with Crippen LogP contribution in [0.3, 0.4) is 0 Å². The molecule has 0 aromatic heterocycles. The SMILES string of the molecule is Cc1ccc(C2CC=CCC2)c(OC2(C(=O)OC(C)(C)C)CC2)c1. The third-order valence-electron chi connectivity index (χ3n) is 4.66. The number of aryl methyl sites for hydroxylation is 1. The molecule has 1 aromatic carbocycles. The third-order valence-corrected chi connectivity index (χ3v) is 4.66. The molecule has 24 heavy (non-hydrogen) atoms. The molecule has 0 aliphatic heterocycles. The minimum Gasteiger partial charge on any atom is -0.475 e. The van der Waals surface area contributed by atoms with Gasteiger partial charge in [-0.25, -0.2) is 4.79 Å². The molecule has 130 valence electrons. The lowest BCUT2D eigenvalue weighted by Gasteiger charge is -2.27. The zero-order valence-electron chi connectivity index (χ0n) is 15.2. The summed E-state index contributed by atoms with van der Waals surface area (Å²) < 4.78 is 11.9. The second kappa shape index (κ2) is 6.27. The average Bonchev–Trinajstić information content (AvgIpc) is 3.27. The van der Waals surface area contributed by atoms with Gasteiger partial charge in [-0.2, -0.15) is 0 Å². The van der Waals surface area contributed by atoms with Crippen LogP contribution in [0.25, 0.3) is 0 Å². The maximum absolute atomic E-state index is 12.6. The minimum atomic E-state index is -0.777. The van der Waals surface area contributed by atoms with E-state index in [1.807, 2.05) is 20.8 Å². The smallest absolute Gasteiger partial charge is 0.351 e. The average molecular weight is 328 g/mol. The summed E-state index contributed by atoms with van der Waals surface area (Å²) in [6, 6.07) is 6.37. The van der Waals surface area contributed by atoms with Gasteiger partial charge in [0.2, 0.25) is 5.60 Å². The Morgan fingerprint density at radius 2 is 1.96 bits per heavy atom. The lowest BCUT2D eigenvalue weighted by atomic mass is 9.87. The Hall–Kier alpha value is -1.77. The molecule has 0 heterocycles. The second-order valence-corrected chi connectivity index (χ2v) is 8.12. The summed E-state index contributed by atoms with van der Waals surface area (Å²) >= 11 is 0. The molecule has 0 saturated heterocycles. The highest BCUT2D eigenvalue weighted by molar-refractivity contribution is 5.83. The monoisotopic (exact) mass is 328 g/mol. The summed E-state index contributed by atoms with van der Waals surface area (Å²) in [5.74, 6) is 1.10. The van der Waals surface area contributed by atoms with E-state index < -0.39 is 11.2 Å². The first kappa shape index (κ1) is 17.1. The second-order valence-electron chi connectivity index (χ2n) is 8.12. The molecular formula is C21H28O3. The first-order valence-electron chi connectivity index (χ1n) is 8.97. The Kier molecular flexibility index (Phi) is 4.46. The number of hydrogen-bond donors (Lipinski definition) is 0. The van der Waals surface area contributed by atoms with E-state index in [-0.39, 0.29) is 5.97 Å². The molecule has 1 saturated carbocycles. The molecule has 0 radical (unpaired) electrons. The molecule has 3 nitrogen and oxygen atoms in total. The Morgan fingerprint density at radius 3 is 2.54 bits per heavy atom. The summed E-state index contributed by atoms with van der Waals surface area (Å²) in [6.07, 6.45) is 9.25. The van der Waals surface area contributed by atoms with Crippen LogP contribution in [0.1, 0.15) is 69.9 Å². The normalized spacial score (nSPS) is 22.1. The van der Waals surface area contributed by atoms with E-state index in [0.717, 1.165) is 43.4 Å². The highest BCUT2D eigenvalue weighted by Gasteiger charge is 2.55.